The summed E-state index contributed by atoms with van der Waals surface area (Å²) in [5, 5.41) is 3.65. The zero-order valence-corrected chi connectivity index (χ0v) is 20.2. The van der Waals surface area contributed by atoms with Crippen LogP contribution in [0.25, 0.3) is 32.9 Å². The lowest BCUT2D eigenvalue weighted by molar-refractivity contribution is 0.590. The van der Waals surface area contributed by atoms with Gasteiger partial charge in [-0.15, -0.1) is 0 Å². The van der Waals surface area contributed by atoms with Gasteiger partial charge in [-0.25, -0.2) is 9.97 Å². The molecule has 0 aliphatic heterocycles. The first-order valence-corrected chi connectivity index (χ1v) is 11.4. The van der Waals surface area contributed by atoms with Gasteiger partial charge in [0.05, 0.1) is 11.2 Å². The molecule has 0 saturated heterocycles. The number of aryl methyl sites for hydroxylation is 1. The Morgan fingerprint density at radius 3 is 2.19 bits per heavy atom. The van der Waals surface area contributed by atoms with Crippen molar-refractivity contribution in [1.29, 1.82) is 0 Å². The van der Waals surface area contributed by atoms with Crippen LogP contribution in [0.5, 0.6) is 0 Å². The van der Waals surface area contributed by atoms with Crippen LogP contribution >= 0.6 is 0 Å². The minimum Gasteiger partial charge on any atom is -0.232 e. The first-order valence-electron chi connectivity index (χ1n) is 11.4. The summed E-state index contributed by atoms with van der Waals surface area (Å²) in [5.41, 5.74) is 7.34. The van der Waals surface area contributed by atoms with Gasteiger partial charge in [0.2, 0.25) is 0 Å². The molecule has 0 spiro atoms. The van der Waals surface area contributed by atoms with Gasteiger partial charge in [-0.3, -0.25) is 0 Å². The maximum Gasteiger partial charge on any atom is 0.132 e. The van der Waals surface area contributed by atoms with E-state index in [-0.39, 0.29) is 11.3 Å². The van der Waals surface area contributed by atoms with Crippen LogP contribution in [0.4, 0.5) is 0 Å². The van der Waals surface area contributed by atoms with E-state index < -0.39 is 0 Å². The van der Waals surface area contributed by atoms with E-state index in [1.807, 2.05) is 0 Å². The molecule has 4 rings (SSSR count). The van der Waals surface area contributed by atoms with Crippen molar-refractivity contribution < 1.29 is 0 Å². The van der Waals surface area contributed by atoms with Crippen molar-refractivity contribution in [2.45, 2.75) is 72.6 Å². The smallest absolute Gasteiger partial charge is 0.132 e. The summed E-state index contributed by atoms with van der Waals surface area (Å²) in [6.45, 7) is 17.9. The first-order chi connectivity index (χ1) is 14.6. The van der Waals surface area contributed by atoms with Crippen LogP contribution in [-0.2, 0) is 5.41 Å². The monoisotopic (exact) mass is 410 g/mol. The van der Waals surface area contributed by atoms with Crippen LogP contribution in [0.2, 0.25) is 0 Å². The van der Waals surface area contributed by atoms with Gasteiger partial charge in [0, 0.05) is 22.3 Å². The molecule has 31 heavy (non-hydrogen) atoms. The van der Waals surface area contributed by atoms with Crippen LogP contribution in [0, 0.1) is 6.92 Å². The quantitative estimate of drug-likeness (QED) is 0.317. The summed E-state index contributed by atoms with van der Waals surface area (Å²) in [6, 6.07) is 17.9. The first kappa shape index (κ1) is 21.5. The van der Waals surface area contributed by atoms with Gasteiger partial charge in [0.1, 0.15) is 5.82 Å². The van der Waals surface area contributed by atoms with Crippen molar-refractivity contribution in [3.63, 3.8) is 0 Å². The molecule has 4 aromatic rings. The lowest BCUT2D eigenvalue weighted by Crippen LogP contribution is -2.11. The number of nitrogens with zero attached hydrogens (tertiary/aromatic N) is 2. The van der Waals surface area contributed by atoms with E-state index >= 15 is 0 Å². The predicted molar refractivity (Wildman–Crippen MR) is 134 cm³/mol. The van der Waals surface area contributed by atoms with Crippen molar-refractivity contribution in [3.8, 4) is 11.3 Å². The highest BCUT2D eigenvalue weighted by atomic mass is 14.9. The van der Waals surface area contributed by atoms with Gasteiger partial charge in [-0.05, 0) is 53.0 Å². The van der Waals surface area contributed by atoms with Gasteiger partial charge >= 0.3 is 0 Å². The highest BCUT2D eigenvalue weighted by Crippen LogP contribution is 2.37. The molecule has 3 aromatic carbocycles. The molecule has 160 valence electrons. The second-order valence-corrected chi connectivity index (χ2v) is 10.5. The summed E-state index contributed by atoms with van der Waals surface area (Å²) < 4.78 is 0. The topological polar surface area (TPSA) is 25.8 Å². The fourth-order valence-corrected chi connectivity index (χ4v) is 4.32. The lowest BCUT2D eigenvalue weighted by atomic mass is 9.84. The Morgan fingerprint density at radius 1 is 0.806 bits per heavy atom. The van der Waals surface area contributed by atoms with E-state index in [0.29, 0.717) is 5.92 Å². The zero-order valence-electron chi connectivity index (χ0n) is 20.2. The Morgan fingerprint density at radius 2 is 1.55 bits per heavy atom. The Labute approximate surface area is 186 Å². The van der Waals surface area contributed by atoms with E-state index in [1.54, 1.807) is 0 Å². The number of hydrogen-bond acceptors (Lipinski definition) is 2. The van der Waals surface area contributed by atoms with Crippen molar-refractivity contribution in [2.24, 2.45) is 0 Å². The average Bonchev–Trinajstić information content (AvgIpc) is 2.70. The Bertz CT molecular complexity index is 1270. The van der Waals surface area contributed by atoms with Crippen molar-refractivity contribution in [2.75, 3.05) is 0 Å². The van der Waals surface area contributed by atoms with Crippen LogP contribution in [0.15, 0.2) is 48.5 Å². The number of aromatic nitrogens is 2. The number of rotatable bonds is 3. The molecule has 0 fully saturated rings. The molecule has 0 amide bonds. The fraction of sp³-hybridized carbons (Fsp3) is 0.379. The molecule has 2 heteroatoms. The summed E-state index contributed by atoms with van der Waals surface area (Å²) in [7, 11) is 0. The van der Waals surface area contributed by atoms with Crippen LogP contribution < -0.4 is 0 Å². The molecule has 0 unspecified atom stereocenters. The van der Waals surface area contributed by atoms with E-state index in [0.717, 1.165) is 22.4 Å². The van der Waals surface area contributed by atoms with Crippen molar-refractivity contribution in [3.05, 3.63) is 71.0 Å². The molecule has 2 nitrogen and oxygen atoms in total. The maximum atomic E-state index is 5.11. The Hall–Kier alpha value is -2.74. The van der Waals surface area contributed by atoms with Crippen LogP contribution in [-0.4, -0.2) is 9.97 Å². The van der Waals surface area contributed by atoms with Gasteiger partial charge in [-0.2, -0.15) is 0 Å². The number of benzene rings is 3. The van der Waals surface area contributed by atoms with Crippen LogP contribution in [0.1, 0.15) is 82.8 Å². The number of hydrogen-bond donors (Lipinski definition) is 0. The molecule has 1 heterocycles. The molecule has 0 atom stereocenters. The molecule has 0 radical (unpaired) electrons. The third-order valence-corrected chi connectivity index (χ3v) is 6.11. The highest BCUT2D eigenvalue weighted by molar-refractivity contribution is 6.10. The largest absolute Gasteiger partial charge is 0.232 e. The van der Waals surface area contributed by atoms with Gasteiger partial charge in [-0.1, -0.05) is 84.4 Å². The number of fused-ring (bicyclic) bond motifs is 3. The predicted octanol–water partition coefficient (Wildman–Crippen LogP) is 8.30. The van der Waals surface area contributed by atoms with E-state index in [9.17, 15) is 0 Å². The summed E-state index contributed by atoms with van der Waals surface area (Å²) in [6.07, 6.45) is 0. The highest BCUT2D eigenvalue weighted by Gasteiger charge is 2.19. The van der Waals surface area contributed by atoms with E-state index in [1.165, 1.54) is 33.0 Å². The van der Waals surface area contributed by atoms with Gasteiger partial charge in [0.25, 0.3) is 0 Å². The molecule has 0 aliphatic carbocycles. The summed E-state index contributed by atoms with van der Waals surface area (Å²) >= 11 is 0. The Kier molecular flexibility index (Phi) is 5.37. The SMILES string of the molecule is Cc1cc(-c2nc(C(C)C)nc3c2ccc2cccc(C(C)C)c23)cc(C(C)(C)C)c1. The second-order valence-electron chi connectivity index (χ2n) is 10.5. The maximum absolute atomic E-state index is 5.11. The molecular formula is C29H34N2. The molecule has 0 aliphatic rings. The third-order valence-electron chi connectivity index (χ3n) is 6.11. The summed E-state index contributed by atoms with van der Waals surface area (Å²) in [5.74, 6) is 1.60. The average molecular weight is 411 g/mol. The second kappa shape index (κ2) is 7.75. The van der Waals surface area contributed by atoms with E-state index in [2.05, 4.69) is 104 Å². The van der Waals surface area contributed by atoms with Gasteiger partial charge < -0.3 is 0 Å². The molecule has 0 bridgehead atoms. The normalized spacial score (nSPS) is 12.5. The van der Waals surface area contributed by atoms with Crippen molar-refractivity contribution in [1.82, 2.24) is 9.97 Å². The van der Waals surface area contributed by atoms with Crippen LogP contribution in [0.3, 0.4) is 0 Å². The van der Waals surface area contributed by atoms with E-state index in [4.69, 9.17) is 9.97 Å². The Balaban J connectivity index is 2.14. The molecule has 0 saturated carbocycles. The molecular weight excluding hydrogens is 376 g/mol. The van der Waals surface area contributed by atoms with Crippen molar-refractivity contribution >= 4 is 21.7 Å². The minimum absolute atomic E-state index is 0.0853. The molecule has 0 N–H and O–H groups in total. The standard InChI is InChI=1S/C29H34N2/c1-17(2)23-11-9-10-20-12-13-24-26(30-28(18(3)4)31-27(24)25(20)23)21-14-19(5)15-22(16-21)29(6,7)8/h9-18H,1-8H3. The lowest BCUT2D eigenvalue weighted by Gasteiger charge is -2.21. The summed E-state index contributed by atoms with van der Waals surface area (Å²) in [4.78, 5) is 10.2. The minimum atomic E-state index is 0.0853. The third kappa shape index (κ3) is 3.96. The van der Waals surface area contributed by atoms with Gasteiger partial charge in [0.15, 0.2) is 0 Å². The zero-order chi connectivity index (χ0) is 22.5. The molecule has 1 aromatic heterocycles. The fourth-order valence-electron chi connectivity index (χ4n) is 4.32.